The van der Waals surface area contributed by atoms with Gasteiger partial charge >= 0.3 is 0 Å². The molecular weight excluding hydrogens is 249 g/mol. The lowest BCUT2D eigenvalue weighted by Crippen LogP contribution is -2.19. The average molecular weight is 269 g/mol. The Labute approximate surface area is 119 Å². The number of halogens is 1. The van der Waals surface area contributed by atoms with Gasteiger partial charge in [-0.3, -0.25) is 0 Å². The van der Waals surface area contributed by atoms with Crippen molar-refractivity contribution < 1.29 is 4.39 Å². The summed E-state index contributed by atoms with van der Waals surface area (Å²) in [5.41, 5.74) is 4.77. The molecule has 104 valence electrons. The molecule has 1 aliphatic carbocycles. The average Bonchev–Trinajstić information content (AvgIpc) is 2.46. The lowest BCUT2D eigenvalue weighted by Gasteiger charge is -2.31. The second-order valence-corrected chi connectivity index (χ2v) is 5.76. The van der Waals surface area contributed by atoms with Gasteiger partial charge < -0.3 is 5.32 Å². The molecule has 1 N–H and O–H groups in total. The van der Waals surface area contributed by atoms with Crippen molar-refractivity contribution in [3.8, 4) is 0 Å². The molecule has 0 aromatic heterocycles. The molecule has 2 aromatic rings. The molecule has 0 fully saturated rings. The zero-order valence-corrected chi connectivity index (χ0v) is 12.0. The van der Waals surface area contributed by atoms with E-state index in [1.807, 2.05) is 13.0 Å². The number of rotatable bonds is 2. The molecule has 2 heteroatoms. The minimum atomic E-state index is -0.185. The van der Waals surface area contributed by atoms with E-state index in [0.29, 0.717) is 5.92 Å². The van der Waals surface area contributed by atoms with E-state index in [1.165, 1.54) is 23.6 Å². The van der Waals surface area contributed by atoms with Gasteiger partial charge in [-0.25, -0.2) is 4.39 Å². The third-order valence-corrected chi connectivity index (χ3v) is 4.32. The molecule has 0 bridgehead atoms. The van der Waals surface area contributed by atoms with Crippen LogP contribution in [0.3, 0.4) is 0 Å². The van der Waals surface area contributed by atoms with Gasteiger partial charge in [-0.2, -0.15) is 0 Å². The highest BCUT2D eigenvalue weighted by Gasteiger charge is 2.24. The van der Waals surface area contributed by atoms with Crippen molar-refractivity contribution >= 4 is 5.69 Å². The molecule has 0 saturated carbocycles. The van der Waals surface area contributed by atoms with Crippen LogP contribution in [0.25, 0.3) is 0 Å². The van der Waals surface area contributed by atoms with Crippen LogP contribution in [0.4, 0.5) is 10.1 Å². The summed E-state index contributed by atoms with van der Waals surface area (Å²) in [6.45, 7) is 4.29. The first-order chi connectivity index (χ1) is 9.65. The normalized spacial score (nSPS) is 21.4. The van der Waals surface area contributed by atoms with E-state index in [9.17, 15) is 4.39 Å². The van der Waals surface area contributed by atoms with Crippen LogP contribution in [0, 0.1) is 12.7 Å². The van der Waals surface area contributed by atoms with E-state index >= 15 is 0 Å². The first-order valence-electron chi connectivity index (χ1n) is 7.26. The van der Waals surface area contributed by atoms with Crippen LogP contribution in [-0.2, 0) is 0 Å². The van der Waals surface area contributed by atoms with Gasteiger partial charge in [0.25, 0.3) is 0 Å². The molecule has 20 heavy (non-hydrogen) atoms. The molecule has 0 radical (unpaired) electrons. The topological polar surface area (TPSA) is 12.0 Å². The first kappa shape index (κ1) is 13.2. The maximum Gasteiger partial charge on any atom is 0.125 e. The summed E-state index contributed by atoms with van der Waals surface area (Å²) in [6, 6.07) is 13.8. The quantitative estimate of drug-likeness (QED) is 0.791. The number of aryl methyl sites for hydroxylation is 1. The molecule has 0 aliphatic heterocycles. The molecule has 2 atom stereocenters. The standard InChI is InChI=1S/C18H20FN/c1-12-8-10-17(16-6-4-3-5-15(12)16)20-18-11-14(19)9-7-13(18)2/h3-7,9,11-12,17,20H,8,10H2,1-2H3. The Morgan fingerprint density at radius 1 is 1.05 bits per heavy atom. The van der Waals surface area contributed by atoms with Crippen LogP contribution < -0.4 is 5.32 Å². The van der Waals surface area contributed by atoms with E-state index in [4.69, 9.17) is 0 Å². The highest BCUT2D eigenvalue weighted by molar-refractivity contribution is 5.53. The van der Waals surface area contributed by atoms with Gasteiger partial charge in [0.1, 0.15) is 5.82 Å². The maximum absolute atomic E-state index is 13.4. The Hall–Kier alpha value is -1.83. The van der Waals surface area contributed by atoms with Crippen molar-refractivity contribution in [1.29, 1.82) is 0 Å². The minimum absolute atomic E-state index is 0.185. The lowest BCUT2D eigenvalue weighted by atomic mass is 9.81. The molecule has 0 saturated heterocycles. The maximum atomic E-state index is 13.4. The van der Waals surface area contributed by atoms with Gasteiger partial charge in [0.2, 0.25) is 0 Å². The largest absolute Gasteiger partial charge is 0.378 e. The van der Waals surface area contributed by atoms with Crippen LogP contribution in [0.2, 0.25) is 0 Å². The molecule has 0 spiro atoms. The number of fused-ring (bicyclic) bond motifs is 1. The van der Waals surface area contributed by atoms with Gasteiger partial charge in [0.05, 0.1) is 6.04 Å². The minimum Gasteiger partial charge on any atom is -0.378 e. The van der Waals surface area contributed by atoms with E-state index in [1.54, 1.807) is 6.07 Å². The summed E-state index contributed by atoms with van der Waals surface area (Å²) < 4.78 is 13.4. The second-order valence-electron chi connectivity index (χ2n) is 5.76. The molecule has 0 amide bonds. The summed E-state index contributed by atoms with van der Waals surface area (Å²) in [5.74, 6) is 0.424. The van der Waals surface area contributed by atoms with E-state index in [2.05, 4.69) is 36.5 Å². The molecule has 3 rings (SSSR count). The summed E-state index contributed by atoms with van der Waals surface area (Å²) in [5, 5.41) is 3.53. The van der Waals surface area contributed by atoms with Crippen molar-refractivity contribution in [3.63, 3.8) is 0 Å². The van der Waals surface area contributed by atoms with Gasteiger partial charge in [-0.1, -0.05) is 37.3 Å². The molecule has 0 heterocycles. The third kappa shape index (κ3) is 2.43. The van der Waals surface area contributed by atoms with Crippen molar-refractivity contribution in [3.05, 3.63) is 65.0 Å². The zero-order chi connectivity index (χ0) is 14.1. The van der Waals surface area contributed by atoms with Gasteiger partial charge in [0.15, 0.2) is 0 Å². The Balaban J connectivity index is 1.92. The van der Waals surface area contributed by atoms with Crippen molar-refractivity contribution in [2.45, 2.75) is 38.6 Å². The van der Waals surface area contributed by atoms with Crippen molar-refractivity contribution in [1.82, 2.24) is 0 Å². The predicted molar refractivity (Wildman–Crippen MR) is 81.6 cm³/mol. The monoisotopic (exact) mass is 269 g/mol. The smallest absolute Gasteiger partial charge is 0.125 e. The van der Waals surface area contributed by atoms with Gasteiger partial charge in [0, 0.05) is 5.69 Å². The molecule has 2 aromatic carbocycles. The fraction of sp³-hybridized carbons (Fsp3) is 0.333. The SMILES string of the molecule is Cc1ccc(F)cc1NC1CCC(C)c2ccccc21. The van der Waals surface area contributed by atoms with E-state index in [-0.39, 0.29) is 11.9 Å². The Morgan fingerprint density at radius 2 is 1.80 bits per heavy atom. The van der Waals surface area contributed by atoms with Crippen LogP contribution in [0.15, 0.2) is 42.5 Å². The highest BCUT2D eigenvalue weighted by atomic mass is 19.1. The number of benzene rings is 2. The summed E-state index contributed by atoms with van der Waals surface area (Å²) >= 11 is 0. The molecule has 2 unspecified atom stereocenters. The zero-order valence-electron chi connectivity index (χ0n) is 12.0. The Bertz CT molecular complexity index is 621. The number of nitrogens with one attached hydrogen (secondary N) is 1. The summed E-state index contributed by atoms with van der Waals surface area (Å²) in [7, 11) is 0. The second kappa shape index (κ2) is 5.28. The fourth-order valence-electron chi connectivity index (χ4n) is 3.09. The first-order valence-corrected chi connectivity index (χ1v) is 7.26. The number of anilines is 1. The van der Waals surface area contributed by atoms with Crippen LogP contribution in [-0.4, -0.2) is 0 Å². The van der Waals surface area contributed by atoms with Gasteiger partial charge in [-0.05, 0) is 54.5 Å². The van der Waals surface area contributed by atoms with E-state index < -0.39 is 0 Å². The fourth-order valence-corrected chi connectivity index (χ4v) is 3.09. The summed E-state index contributed by atoms with van der Waals surface area (Å²) in [6.07, 6.45) is 2.26. The number of hydrogen-bond donors (Lipinski definition) is 1. The summed E-state index contributed by atoms with van der Waals surface area (Å²) in [4.78, 5) is 0. The highest BCUT2D eigenvalue weighted by Crippen LogP contribution is 2.39. The van der Waals surface area contributed by atoms with Crippen LogP contribution in [0.5, 0.6) is 0 Å². The Kier molecular flexibility index (Phi) is 3.47. The Morgan fingerprint density at radius 3 is 2.60 bits per heavy atom. The van der Waals surface area contributed by atoms with E-state index in [0.717, 1.165) is 17.7 Å². The lowest BCUT2D eigenvalue weighted by molar-refractivity contribution is 0.534. The number of hydrogen-bond acceptors (Lipinski definition) is 1. The third-order valence-electron chi connectivity index (χ3n) is 4.32. The molecule has 1 aliphatic rings. The van der Waals surface area contributed by atoms with Gasteiger partial charge in [-0.15, -0.1) is 0 Å². The predicted octanol–water partition coefficient (Wildman–Crippen LogP) is 5.18. The van der Waals surface area contributed by atoms with Crippen molar-refractivity contribution in [2.24, 2.45) is 0 Å². The van der Waals surface area contributed by atoms with Crippen LogP contribution >= 0.6 is 0 Å². The molecular formula is C18H20FN. The molecule has 1 nitrogen and oxygen atoms in total. The van der Waals surface area contributed by atoms with Crippen LogP contribution in [0.1, 0.15) is 48.4 Å². The van der Waals surface area contributed by atoms with Crippen molar-refractivity contribution in [2.75, 3.05) is 5.32 Å².